The number of hydrogen-bond donors (Lipinski definition) is 1. The van der Waals surface area contributed by atoms with Crippen LogP contribution in [-0.4, -0.2) is 32.2 Å². The topological polar surface area (TPSA) is 109 Å². The number of para-hydroxylation sites is 1. The van der Waals surface area contributed by atoms with Crippen LogP contribution in [0.5, 0.6) is 0 Å². The van der Waals surface area contributed by atoms with Crippen LogP contribution in [-0.2, 0) is 17.8 Å². The number of nitrogens with zero attached hydrogens (tertiary/aromatic N) is 3. The number of nitro groups is 1. The van der Waals surface area contributed by atoms with Crippen LogP contribution in [0.4, 0.5) is 5.69 Å². The summed E-state index contributed by atoms with van der Waals surface area (Å²) in [4.78, 5) is 44.5. The molecule has 0 aliphatic rings. The maximum absolute atomic E-state index is 12.8. The molecule has 0 fully saturated rings. The Morgan fingerprint density at radius 1 is 1.28 bits per heavy atom. The Kier molecular flexibility index (Phi) is 6.23. The van der Waals surface area contributed by atoms with Crippen molar-refractivity contribution in [3.8, 4) is 0 Å². The maximum atomic E-state index is 12.8. The number of nitrogens with one attached hydrogen (secondary N) is 1. The van der Waals surface area contributed by atoms with E-state index >= 15 is 0 Å². The highest BCUT2D eigenvalue weighted by molar-refractivity contribution is 6.31. The molecule has 1 aromatic heterocycles. The molecule has 1 N–H and O–H groups in total. The lowest BCUT2D eigenvalue weighted by molar-refractivity contribution is -0.385. The van der Waals surface area contributed by atoms with Gasteiger partial charge in [-0.15, -0.1) is 0 Å². The smallest absolute Gasteiger partial charge is 0.273 e. The van der Waals surface area contributed by atoms with Crippen LogP contribution in [0.15, 0.2) is 47.3 Å². The number of halogens is 1. The van der Waals surface area contributed by atoms with E-state index in [1.54, 1.807) is 36.4 Å². The van der Waals surface area contributed by atoms with Gasteiger partial charge in [-0.05, 0) is 24.6 Å². The average Bonchev–Trinajstić information content (AvgIpc) is 2.67. The number of hydrogen-bond acceptors (Lipinski definition) is 5. The number of carbonyl (C=O) groups excluding carboxylic acids is 1. The molecule has 1 amide bonds. The molecule has 3 aromatic rings. The lowest BCUT2D eigenvalue weighted by Crippen LogP contribution is -2.34. The molecule has 3 rings (SSSR count). The van der Waals surface area contributed by atoms with Crippen molar-refractivity contribution in [3.63, 3.8) is 0 Å². The average molecular weight is 415 g/mol. The van der Waals surface area contributed by atoms with Gasteiger partial charge in [0, 0.05) is 23.2 Å². The number of amides is 1. The van der Waals surface area contributed by atoms with Crippen molar-refractivity contribution in [1.82, 2.24) is 14.9 Å². The predicted molar refractivity (Wildman–Crippen MR) is 110 cm³/mol. The molecule has 150 valence electrons. The Labute approximate surface area is 171 Å². The number of aromatic amines is 1. The fourth-order valence-electron chi connectivity index (χ4n) is 3.09. The number of benzene rings is 2. The van der Waals surface area contributed by atoms with E-state index in [0.717, 1.165) is 0 Å². The normalized spacial score (nSPS) is 10.8. The van der Waals surface area contributed by atoms with Gasteiger partial charge >= 0.3 is 0 Å². The molecule has 9 heteroatoms. The third-order valence-corrected chi connectivity index (χ3v) is 4.67. The van der Waals surface area contributed by atoms with Crippen molar-refractivity contribution < 1.29 is 9.72 Å². The van der Waals surface area contributed by atoms with Crippen molar-refractivity contribution in [2.75, 3.05) is 6.54 Å². The van der Waals surface area contributed by atoms with Gasteiger partial charge in [0.05, 0.1) is 28.8 Å². The Morgan fingerprint density at radius 2 is 2.03 bits per heavy atom. The van der Waals surface area contributed by atoms with Gasteiger partial charge in [0.1, 0.15) is 5.82 Å². The highest BCUT2D eigenvalue weighted by atomic mass is 35.5. The van der Waals surface area contributed by atoms with E-state index in [9.17, 15) is 19.7 Å². The van der Waals surface area contributed by atoms with Crippen LogP contribution in [0.3, 0.4) is 0 Å². The summed E-state index contributed by atoms with van der Waals surface area (Å²) in [5.41, 5.74) is 0.377. The molecule has 0 unspecified atom stereocenters. The summed E-state index contributed by atoms with van der Waals surface area (Å²) in [6.45, 7) is 2.43. The molecule has 0 bridgehead atoms. The molecular formula is C20H19ClN4O4. The summed E-state index contributed by atoms with van der Waals surface area (Å²) >= 11 is 5.99. The molecule has 29 heavy (non-hydrogen) atoms. The van der Waals surface area contributed by atoms with E-state index in [0.29, 0.717) is 40.3 Å². The molecular weight excluding hydrogens is 396 g/mol. The number of nitro benzene ring substituents is 1. The first kappa shape index (κ1) is 20.5. The second kappa shape index (κ2) is 8.83. The molecule has 8 nitrogen and oxygen atoms in total. The third-order valence-electron chi connectivity index (χ3n) is 4.43. The molecule has 0 radical (unpaired) electrons. The highest BCUT2D eigenvalue weighted by Gasteiger charge is 2.20. The molecule has 0 spiro atoms. The van der Waals surface area contributed by atoms with Crippen molar-refractivity contribution in [3.05, 3.63) is 79.3 Å². The summed E-state index contributed by atoms with van der Waals surface area (Å²) in [7, 11) is 0. The largest absolute Gasteiger partial charge is 0.335 e. The molecule has 0 saturated carbocycles. The van der Waals surface area contributed by atoms with Gasteiger partial charge in [-0.3, -0.25) is 19.7 Å². The minimum absolute atomic E-state index is 0.0883. The van der Waals surface area contributed by atoms with Gasteiger partial charge < -0.3 is 9.88 Å². The van der Waals surface area contributed by atoms with Crippen LogP contribution in [0, 0.1) is 10.1 Å². The third kappa shape index (κ3) is 4.78. The van der Waals surface area contributed by atoms with E-state index in [4.69, 9.17) is 11.6 Å². The van der Waals surface area contributed by atoms with Crippen molar-refractivity contribution in [2.24, 2.45) is 0 Å². The first-order chi connectivity index (χ1) is 13.9. The SMILES string of the molecule is CCCN(Cc1nc2cc(Cl)ccc2c(=O)[nH]1)C(=O)Cc1ccccc1[N+](=O)[O-]. The van der Waals surface area contributed by atoms with Crippen molar-refractivity contribution in [1.29, 1.82) is 0 Å². The summed E-state index contributed by atoms with van der Waals surface area (Å²) in [6.07, 6.45) is 0.576. The lowest BCUT2D eigenvalue weighted by Gasteiger charge is -2.21. The van der Waals surface area contributed by atoms with Gasteiger partial charge in [-0.2, -0.15) is 0 Å². The minimum Gasteiger partial charge on any atom is -0.335 e. The van der Waals surface area contributed by atoms with Gasteiger partial charge in [-0.1, -0.05) is 36.7 Å². The molecule has 0 aliphatic carbocycles. The van der Waals surface area contributed by atoms with E-state index in [1.165, 1.54) is 11.0 Å². The fourth-order valence-corrected chi connectivity index (χ4v) is 3.26. The van der Waals surface area contributed by atoms with Crippen LogP contribution < -0.4 is 5.56 Å². The first-order valence-corrected chi connectivity index (χ1v) is 9.45. The van der Waals surface area contributed by atoms with Gasteiger partial charge in [0.15, 0.2) is 0 Å². The van der Waals surface area contributed by atoms with E-state index in [2.05, 4.69) is 9.97 Å². The number of carbonyl (C=O) groups is 1. The second-order valence-corrected chi connectivity index (χ2v) is 6.99. The first-order valence-electron chi connectivity index (χ1n) is 9.07. The summed E-state index contributed by atoms with van der Waals surface area (Å²) < 4.78 is 0. The van der Waals surface area contributed by atoms with E-state index < -0.39 is 4.92 Å². The zero-order chi connectivity index (χ0) is 21.0. The van der Waals surface area contributed by atoms with Crippen LogP contribution >= 0.6 is 11.6 Å². The number of fused-ring (bicyclic) bond motifs is 1. The highest BCUT2D eigenvalue weighted by Crippen LogP contribution is 2.20. The minimum atomic E-state index is -0.501. The van der Waals surface area contributed by atoms with E-state index in [-0.39, 0.29) is 30.1 Å². The molecule has 0 atom stereocenters. The Morgan fingerprint density at radius 3 is 2.76 bits per heavy atom. The summed E-state index contributed by atoms with van der Waals surface area (Å²) in [5, 5.41) is 12.1. The fraction of sp³-hybridized carbons (Fsp3) is 0.250. The summed E-state index contributed by atoms with van der Waals surface area (Å²) in [5.74, 6) is 0.0455. The Hall–Kier alpha value is -3.26. The Bertz CT molecular complexity index is 1130. The van der Waals surface area contributed by atoms with Crippen LogP contribution in [0.2, 0.25) is 5.02 Å². The number of H-pyrrole nitrogens is 1. The monoisotopic (exact) mass is 414 g/mol. The standard InChI is InChI=1S/C20H19ClN4O4/c1-2-9-24(19(26)10-13-5-3-4-6-17(13)25(28)29)12-18-22-16-11-14(21)7-8-15(16)20(27)23-18/h3-8,11H,2,9-10,12H2,1H3,(H,22,23,27). The van der Waals surface area contributed by atoms with Crippen molar-refractivity contribution >= 4 is 34.1 Å². The van der Waals surface area contributed by atoms with Crippen LogP contribution in [0.25, 0.3) is 10.9 Å². The van der Waals surface area contributed by atoms with Gasteiger partial charge in [0.2, 0.25) is 5.91 Å². The molecule has 0 aliphatic heterocycles. The number of rotatable bonds is 7. The maximum Gasteiger partial charge on any atom is 0.273 e. The van der Waals surface area contributed by atoms with E-state index in [1.807, 2.05) is 6.92 Å². The van der Waals surface area contributed by atoms with Crippen LogP contribution in [0.1, 0.15) is 24.7 Å². The summed E-state index contributed by atoms with van der Waals surface area (Å²) in [6, 6.07) is 11.0. The zero-order valence-electron chi connectivity index (χ0n) is 15.7. The molecule has 0 saturated heterocycles. The molecule has 2 aromatic carbocycles. The number of aromatic nitrogens is 2. The van der Waals surface area contributed by atoms with Gasteiger partial charge in [-0.25, -0.2) is 4.98 Å². The lowest BCUT2D eigenvalue weighted by atomic mass is 10.1. The molecule has 1 heterocycles. The van der Waals surface area contributed by atoms with Crippen molar-refractivity contribution in [2.45, 2.75) is 26.3 Å². The Balaban J connectivity index is 1.87. The second-order valence-electron chi connectivity index (χ2n) is 6.55. The van der Waals surface area contributed by atoms with Gasteiger partial charge in [0.25, 0.3) is 11.2 Å². The quantitative estimate of drug-likeness (QED) is 0.470. The zero-order valence-corrected chi connectivity index (χ0v) is 16.5. The predicted octanol–water partition coefficient (Wildman–Crippen LogP) is 3.47.